The zero-order valence-electron chi connectivity index (χ0n) is 75.6. The Morgan fingerprint density at radius 3 is 0.820 bits per heavy atom. The molecule has 0 aliphatic heterocycles. The second-order valence-corrected chi connectivity index (χ2v) is 42.8. The molecular formula is C78H115N13O40S8. The standard InChI is InChI=1S/C78H115N13O40S8/c1-3-5-19-81-75(92)59-48-69(129-54-61-51-90(88-86-61)23-8-21-83-77(94)57-44-65(122-27-11-35-133(99,100)101)72(127-32-16-40-138(114,115)116)66(45-57)123-28-12-36-134(102,103)104)74(131-53-60(85-79)50-80-18-7-20-82-76(93)56-42-63(120-25-6-4-2)71(126-31-15-39-137(111,112)113)64(43-56)121-26-10-34-132(96,97)98)70(49-59)130-55-62-52-91(89-87-62)24-9-22-84-78(95)58-46-67(124-29-13-37-135(105,106)107)73(128-33-17-41-139(117,118)119)68(47-58)125-30-14-38-136(108,109)110/h42-52,79-80H,3-41,53-55H2,1-2H3,(H,81,92)(H,82,93)(H,83,94)(H,84,95)(H,96,97,98)(H,99,100,101)(H,102,103,104)(H,105,106,107)(H,108,109,110)(H,111,112,113)(H,114,115,116)(H,117,118,119)/b60-50-,85-79?. The van der Waals surface area contributed by atoms with Crippen LogP contribution in [0.3, 0.4) is 0 Å². The molecule has 2 aromatic heterocycles. The van der Waals surface area contributed by atoms with Gasteiger partial charge in [-0.25, -0.2) is 5.53 Å². The third-order valence-electron chi connectivity index (χ3n) is 18.3. The van der Waals surface area contributed by atoms with Crippen molar-refractivity contribution in [2.45, 2.75) is 136 Å². The van der Waals surface area contributed by atoms with Gasteiger partial charge in [-0.2, -0.15) is 72.5 Å². The van der Waals surface area contributed by atoms with E-state index in [1.54, 1.807) is 0 Å². The first-order valence-electron chi connectivity index (χ1n) is 43.0. The van der Waals surface area contributed by atoms with Crippen LogP contribution in [0.2, 0.25) is 0 Å². The molecule has 0 bridgehead atoms. The smallest absolute Gasteiger partial charge is 0.264 e. The lowest BCUT2D eigenvalue weighted by atomic mass is 10.1. The molecule has 139 heavy (non-hydrogen) atoms. The van der Waals surface area contributed by atoms with Crippen LogP contribution < -0.4 is 83.4 Å². The molecule has 0 fully saturated rings. The lowest BCUT2D eigenvalue weighted by molar-refractivity contribution is 0.0943. The third-order valence-corrected chi connectivity index (χ3v) is 24.7. The van der Waals surface area contributed by atoms with E-state index in [1.165, 1.54) is 76.5 Å². The normalized spacial score (nSPS) is 12.2. The molecule has 0 radical (unpaired) electrons. The van der Waals surface area contributed by atoms with E-state index in [0.717, 1.165) is 0 Å². The second kappa shape index (κ2) is 57.7. The SMILES string of the molecule is CCCCNC(=O)c1cc(OCc2cn(CCCNC(=O)c3cc(OCCCS(=O)(=O)O)c(OCCCS(=O)(=O)O)c(OCCCS(=O)(=O)O)c3)nn2)c(OC/C(=C/NCCCNC(=O)c2cc(OCCCC)c(OCCCS(=O)(=O)O)c(OCCCS(=O)(=O)O)c2)N=N)c(OCc2cn(CCCNC(=O)c3cc(OCCCS(=O)(=O)O)c(OCCCS(=O)(=O)O)c(OCCCS(=O)(=O)O)c3)nn2)c1. The number of aromatic nitrogens is 6. The molecule has 0 saturated carbocycles. The van der Waals surface area contributed by atoms with E-state index in [9.17, 15) is 123 Å². The average Bonchev–Trinajstić information content (AvgIpc) is 1.77. The van der Waals surface area contributed by atoms with Crippen molar-refractivity contribution in [2.24, 2.45) is 5.11 Å². The Kier molecular flexibility index (Phi) is 48.5. The predicted octanol–water partition coefficient (Wildman–Crippen LogP) is 4.29. The Balaban J connectivity index is 1.25. The topological polar surface area (TPSA) is 772 Å². The van der Waals surface area contributed by atoms with Gasteiger partial charge in [0.15, 0.2) is 46.0 Å². The lowest BCUT2D eigenvalue weighted by Gasteiger charge is -2.19. The van der Waals surface area contributed by atoms with Crippen molar-refractivity contribution in [3.63, 3.8) is 0 Å². The number of hydrogen-bond donors (Lipinski definition) is 14. The predicted molar refractivity (Wildman–Crippen MR) is 492 cm³/mol. The Morgan fingerprint density at radius 2 is 0.561 bits per heavy atom. The van der Waals surface area contributed by atoms with Crippen LogP contribution in [0, 0.1) is 5.53 Å². The van der Waals surface area contributed by atoms with Crippen molar-refractivity contribution in [2.75, 3.05) is 145 Å². The molecule has 6 rings (SSSR count). The minimum Gasteiger partial charge on any atom is -0.490 e. The van der Waals surface area contributed by atoms with Crippen LogP contribution in [0.5, 0.6) is 69.0 Å². The summed E-state index contributed by atoms with van der Waals surface area (Å²) in [6.07, 6.45) is 5.46. The summed E-state index contributed by atoms with van der Waals surface area (Å²) in [4.78, 5) is 55.6. The first-order valence-corrected chi connectivity index (χ1v) is 55.9. The molecule has 780 valence electrons. The van der Waals surface area contributed by atoms with E-state index in [2.05, 4.69) is 52.3 Å². The van der Waals surface area contributed by atoms with E-state index >= 15 is 0 Å². The van der Waals surface area contributed by atoms with Crippen molar-refractivity contribution in [3.05, 3.63) is 106 Å². The van der Waals surface area contributed by atoms with Crippen LogP contribution in [0.1, 0.15) is 163 Å². The highest BCUT2D eigenvalue weighted by atomic mass is 32.2. The quantitative estimate of drug-likeness (QED) is 0.0144. The number of carbonyl (C=O) groups is 4. The molecule has 0 unspecified atom stereocenters. The summed E-state index contributed by atoms with van der Waals surface area (Å²) in [5.41, 5.74) is 8.23. The number of carbonyl (C=O) groups excluding carboxylic acids is 4. The molecule has 2 heterocycles. The summed E-state index contributed by atoms with van der Waals surface area (Å²) in [6, 6.07) is 10.1. The molecule has 6 aromatic rings. The maximum Gasteiger partial charge on any atom is 0.264 e. The highest BCUT2D eigenvalue weighted by Gasteiger charge is 2.28. The Hall–Kier alpha value is -10.9. The van der Waals surface area contributed by atoms with Crippen LogP contribution in [0.4, 0.5) is 0 Å². The summed E-state index contributed by atoms with van der Waals surface area (Å²) >= 11 is 0. The summed E-state index contributed by atoms with van der Waals surface area (Å²) in [7, 11) is -35.5. The molecule has 0 aliphatic rings. The number of amides is 4. The van der Waals surface area contributed by atoms with Crippen LogP contribution in [-0.2, 0) is 107 Å². The van der Waals surface area contributed by atoms with Crippen molar-refractivity contribution < 1.29 is 180 Å². The fourth-order valence-corrected chi connectivity index (χ4v) is 15.6. The Bertz CT molecular complexity index is 5680. The molecular weight excluding hydrogens is 2020 g/mol. The Labute approximate surface area is 803 Å². The van der Waals surface area contributed by atoms with E-state index < -0.39 is 197 Å². The number of aryl methyl sites for hydroxylation is 2. The van der Waals surface area contributed by atoms with E-state index in [0.29, 0.717) is 25.7 Å². The zero-order chi connectivity index (χ0) is 102. The molecule has 53 nitrogen and oxygen atoms in total. The van der Waals surface area contributed by atoms with Gasteiger partial charge < -0.3 is 83.4 Å². The van der Waals surface area contributed by atoms with E-state index in [1.807, 2.05) is 13.8 Å². The molecule has 0 aliphatic carbocycles. The number of unbranched alkanes of at least 4 members (excludes halogenated alkanes) is 2. The van der Waals surface area contributed by atoms with Crippen molar-refractivity contribution in [1.29, 1.82) is 5.53 Å². The van der Waals surface area contributed by atoms with Gasteiger partial charge in [0.1, 0.15) is 36.9 Å². The zero-order valence-corrected chi connectivity index (χ0v) is 82.1. The van der Waals surface area contributed by atoms with Gasteiger partial charge in [0.25, 0.3) is 105 Å². The fourth-order valence-electron chi connectivity index (χ4n) is 11.8. The summed E-state index contributed by atoms with van der Waals surface area (Å²) in [6.45, 7) is 0.280. The average molecular weight is 2130 g/mol. The monoisotopic (exact) mass is 2130 g/mol. The van der Waals surface area contributed by atoms with Crippen LogP contribution in [0.15, 0.2) is 77.9 Å². The molecule has 4 amide bonds. The van der Waals surface area contributed by atoms with Gasteiger partial charge in [0, 0.05) is 74.3 Å². The number of benzene rings is 4. The second-order valence-electron chi connectivity index (χ2n) is 30.3. The van der Waals surface area contributed by atoms with Gasteiger partial charge in [-0.3, -0.25) is 65.0 Å². The highest BCUT2D eigenvalue weighted by Crippen LogP contribution is 2.44. The third kappa shape index (κ3) is 49.2. The maximum atomic E-state index is 14.1. The number of ether oxygens (including phenoxy) is 12. The number of nitrogens with one attached hydrogen (secondary N) is 6. The lowest BCUT2D eigenvalue weighted by Crippen LogP contribution is -2.26. The summed E-state index contributed by atoms with van der Waals surface area (Å²) in [5.74, 6) is -10.5. The van der Waals surface area contributed by atoms with Gasteiger partial charge in [-0.1, -0.05) is 37.1 Å². The van der Waals surface area contributed by atoms with Gasteiger partial charge in [0.2, 0.25) is 23.0 Å². The molecule has 4 aromatic carbocycles. The molecule has 0 atom stereocenters. The Morgan fingerprint density at radius 1 is 0.324 bits per heavy atom. The maximum absolute atomic E-state index is 14.1. The van der Waals surface area contributed by atoms with Crippen molar-refractivity contribution in [1.82, 2.24) is 56.6 Å². The largest absolute Gasteiger partial charge is 0.490 e. The number of rotatable bonds is 74. The first-order chi connectivity index (χ1) is 65.4. The highest BCUT2D eigenvalue weighted by molar-refractivity contribution is 7.87. The van der Waals surface area contributed by atoms with E-state index in [4.69, 9.17) is 62.4 Å². The molecule has 0 saturated heterocycles. The fraction of sp³-hybridized carbons (Fsp3) is 0.564. The van der Waals surface area contributed by atoms with Gasteiger partial charge in [-0.15, -0.1) is 10.2 Å². The van der Waals surface area contributed by atoms with Crippen LogP contribution in [-0.4, -0.2) is 302 Å². The van der Waals surface area contributed by atoms with Gasteiger partial charge in [-0.05, 0) is 132 Å². The number of nitrogens with zero attached hydrogens (tertiary/aromatic N) is 7. The molecule has 61 heteroatoms. The molecule has 14 N–H and O–H groups in total. The van der Waals surface area contributed by atoms with Crippen LogP contribution >= 0.6 is 0 Å². The minimum absolute atomic E-state index is 0.000534. The summed E-state index contributed by atoms with van der Waals surface area (Å²) < 4.78 is 333. The minimum atomic E-state index is -4.46. The van der Waals surface area contributed by atoms with Crippen molar-refractivity contribution in [3.8, 4) is 69.0 Å². The van der Waals surface area contributed by atoms with Crippen LogP contribution in [0.25, 0.3) is 0 Å². The van der Waals surface area contributed by atoms with Crippen molar-refractivity contribution >= 4 is 105 Å². The van der Waals surface area contributed by atoms with Gasteiger partial charge in [0.05, 0.1) is 118 Å². The molecule has 0 spiro atoms. The summed E-state index contributed by atoms with van der Waals surface area (Å²) in [5, 5.41) is 34.6. The van der Waals surface area contributed by atoms with Gasteiger partial charge >= 0.3 is 0 Å². The number of hydrogen-bond acceptors (Lipinski definition) is 39. The first kappa shape index (κ1) is 117. The van der Waals surface area contributed by atoms with E-state index in [-0.39, 0.29) is 258 Å².